The number of benzene rings is 1. The van der Waals surface area contributed by atoms with Gasteiger partial charge in [0.2, 0.25) is 10.0 Å². The van der Waals surface area contributed by atoms with Gasteiger partial charge < -0.3 is 10.6 Å². The number of halogens is 1. The molecule has 0 bridgehead atoms. The van der Waals surface area contributed by atoms with Gasteiger partial charge in [-0.15, -0.1) is 0 Å². The van der Waals surface area contributed by atoms with Crippen molar-refractivity contribution >= 4 is 27.3 Å². The molecular formula is C14H22ClN3O2S. The van der Waals surface area contributed by atoms with Crippen LogP contribution in [0.3, 0.4) is 0 Å². The average molecular weight is 332 g/mol. The van der Waals surface area contributed by atoms with E-state index in [1.807, 2.05) is 0 Å². The summed E-state index contributed by atoms with van der Waals surface area (Å²) in [7, 11) is -3.58. The number of anilines is 1. The molecule has 118 valence electrons. The molecule has 1 saturated heterocycles. The van der Waals surface area contributed by atoms with Gasteiger partial charge in [-0.1, -0.05) is 18.5 Å². The van der Waals surface area contributed by atoms with Crippen molar-refractivity contribution in [3.8, 4) is 0 Å². The molecule has 0 amide bonds. The third-order valence-corrected chi connectivity index (χ3v) is 5.79. The van der Waals surface area contributed by atoms with Crippen molar-refractivity contribution in [3.63, 3.8) is 0 Å². The molecule has 0 radical (unpaired) electrons. The lowest BCUT2D eigenvalue weighted by atomic mass is 9.99. The monoisotopic (exact) mass is 331 g/mol. The molecular weight excluding hydrogens is 310 g/mol. The summed E-state index contributed by atoms with van der Waals surface area (Å²) in [5.41, 5.74) is 6.02. The fourth-order valence-corrected chi connectivity index (χ4v) is 4.01. The SMILES string of the molecule is CC1CCN(CCNS(=O)(=O)c2ccc(N)cc2Cl)CC1. The summed E-state index contributed by atoms with van der Waals surface area (Å²) in [6.45, 7) is 5.43. The van der Waals surface area contributed by atoms with E-state index in [9.17, 15) is 8.42 Å². The first-order valence-electron chi connectivity index (χ1n) is 7.15. The maximum absolute atomic E-state index is 12.2. The highest BCUT2D eigenvalue weighted by molar-refractivity contribution is 7.89. The van der Waals surface area contributed by atoms with Gasteiger partial charge in [0.15, 0.2) is 0 Å². The number of likely N-dealkylation sites (tertiary alicyclic amines) is 1. The van der Waals surface area contributed by atoms with Crippen LogP contribution in [0.4, 0.5) is 5.69 Å². The molecule has 1 heterocycles. The first-order chi connectivity index (χ1) is 9.88. The minimum atomic E-state index is -3.58. The summed E-state index contributed by atoms with van der Waals surface area (Å²) in [4.78, 5) is 2.36. The van der Waals surface area contributed by atoms with Crippen molar-refractivity contribution in [2.24, 2.45) is 5.92 Å². The minimum absolute atomic E-state index is 0.0747. The van der Waals surface area contributed by atoms with E-state index in [0.717, 1.165) is 25.6 Å². The summed E-state index contributed by atoms with van der Waals surface area (Å²) in [6, 6.07) is 4.41. The van der Waals surface area contributed by atoms with Gasteiger partial charge in [0.1, 0.15) is 4.90 Å². The lowest BCUT2D eigenvalue weighted by Crippen LogP contribution is -2.39. The summed E-state index contributed by atoms with van der Waals surface area (Å²) in [6.07, 6.45) is 2.35. The Labute approximate surface area is 131 Å². The van der Waals surface area contributed by atoms with Crippen LogP contribution in [-0.2, 0) is 10.0 Å². The quantitative estimate of drug-likeness (QED) is 0.808. The van der Waals surface area contributed by atoms with Crippen molar-refractivity contribution in [2.75, 3.05) is 31.9 Å². The molecule has 2 rings (SSSR count). The summed E-state index contributed by atoms with van der Waals surface area (Å²) in [5, 5.41) is 0.147. The zero-order valence-corrected chi connectivity index (χ0v) is 13.8. The maximum atomic E-state index is 12.2. The molecule has 0 atom stereocenters. The topological polar surface area (TPSA) is 75.4 Å². The largest absolute Gasteiger partial charge is 0.399 e. The number of sulfonamides is 1. The number of nitrogens with one attached hydrogen (secondary N) is 1. The van der Waals surface area contributed by atoms with E-state index < -0.39 is 10.0 Å². The summed E-state index contributed by atoms with van der Waals surface area (Å²) < 4.78 is 27.0. The second-order valence-electron chi connectivity index (χ2n) is 5.61. The number of hydrogen-bond acceptors (Lipinski definition) is 4. The predicted molar refractivity (Wildman–Crippen MR) is 85.9 cm³/mol. The van der Waals surface area contributed by atoms with Gasteiger partial charge in [-0.25, -0.2) is 13.1 Å². The number of nitrogen functional groups attached to an aromatic ring is 1. The lowest BCUT2D eigenvalue weighted by molar-refractivity contribution is 0.195. The second kappa shape index (κ2) is 6.96. The third-order valence-electron chi connectivity index (χ3n) is 3.84. The molecule has 1 aliphatic heterocycles. The zero-order valence-electron chi connectivity index (χ0n) is 12.2. The Balaban J connectivity index is 1.89. The Morgan fingerprint density at radius 2 is 2.05 bits per heavy atom. The van der Waals surface area contributed by atoms with E-state index in [4.69, 9.17) is 17.3 Å². The van der Waals surface area contributed by atoms with Crippen LogP contribution in [0.2, 0.25) is 5.02 Å². The van der Waals surface area contributed by atoms with E-state index >= 15 is 0 Å². The highest BCUT2D eigenvalue weighted by Crippen LogP contribution is 2.23. The van der Waals surface area contributed by atoms with Crippen LogP contribution in [0.25, 0.3) is 0 Å². The Hall–Kier alpha value is -0.820. The smallest absolute Gasteiger partial charge is 0.242 e. The number of nitrogens with two attached hydrogens (primary N) is 1. The average Bonchev–Trinajstić information content (AvgIpc) is 2.40. The van der Waals surface area contributed by atoms with Crippen LogP contribution in [0.5, 0.6) is 0 Å². The van der Waals surface area contributed by atoms with Gasteiger partial charge in [-0.05, 0) is 50.0 Å². The van der Waals surface area contributed by atoms with Crippen LogP contribution < -0.4 is 10.5 Å². The van der Waals surface area contributed by atoms with Crippen LogP contribution in [-0.4, -0.2) is 39.5 Å². The molecule has 1 fully saturated rings. The molecule has 0 saturated carbocycles. The first-order valence-corrected chi connectivity index (χ1v) is 9.01. The molecule has 1 aliphatic rings. The van der Waals surface area contributed by atoms with Crippen LogP contribution in [0.15, 0.2) is 23.1 Å². The highest BCUT2D eigenvalue weighted by Gasteiger charge is 2.19. The minimum Gasteiger partial charge on any atom is -0.399 e. The Morgan fingerprint density at radius 3 is 2.67 bits per heavy atom. The standard InChI is InChI=1S/C14H22ClN3O2S/c1-11-4-7-18(8-5-11)9-6-17-21(19,20)14-3-2-12(16)10-13(14)15/h2-3,10-11,17H,4-9,16H2,1H3. The second-order valence-corrected chi connectivity index (χ2v) is 7.75. The molecule has 0 spiro atoms. The predicted octanol–water partition coefficient (Wildman–Crippen LogP) is 1.93. The van der Waals surface area contributed by atoms with Crippen LogP contribution >= 0.6 is 11.6 Å². The summed E-state index contributed by atoms with van der Waals surface area (Å²) in [5.74, 6) is 0.770. The van der Waals surface area contributed by atoms with Crippen LogP contribution in [0, 0.1) is 5.92 Å². The molecule has 0 unspecified atom stereocenters. The molecule has 1 aromatic carbocycles. The fourth-order valence-electron chi connectivity index (χ4n) is 2.44. The lowest BCUT2D eigenvalue weighted by Gasteiger charge is -2.30. The summed E-state index contributed by atoms with van der Waals surface area (Å²) >= 11 is 5.95. The normalized spacial score (nSPS) is 18.0. The number of hydrogen-bond donors (Lipinski definition) is 2. The van der Waals surface area contributed by atoms with Gasteiger partial charge in [0, 0.05) is 18.8 Å². The molecule has 0 aromatic heterocycles. The van der Waals surface area contributed by atoms with Crippen molar-refractivity contribution in [1.82, 2.24) is 9.62 Å². The van der Waals surface area contributed by atoms with Crippen molar-refractivity contribution in [2.45, 2.75) is 24.7 Å². The number of nitrogens with zero attached hydrogens (tertiary/aromatic N) is 1. The Bertz CT molecular complexity index is 584. The molecule has 0 aliphatic carbocycles. The first kappa shape index (κ1) is 16.5. The third kappa shape index (κ3) is 4.57. The molecule has 21 heavy (non-hydrogen) atoms. The fraction of sp³-hybridized carbons (Fsp3) is 0.571. The van der Waals surface area contributed by atoms with E-state index in [-0.39, 0.29) is 9.92 Å². The van der Waals surface area contributed by atoms with E-state index in [1.54, 1.807) is 0 Å². The molecule has 3 N–H and O–H groups in total. The zero-order chi connectivity index (χ0) is 15.5. The van der Waals surface area contributed by atoms with Gasteiger partial charge >= 0.3 is 0 Å². The van der Waals surface area contributed by atoms with Crippen molar-refractivity contribution in [1.29, 1.82) is 0 Å². The molecule has 7 heteroatoms. The van der Waals surface area contributed by atoms with Crippen LogP contribution in [0.1, 0.15) is 19.8 Å². The Morgan fingerprint density at radius 1 is 1.38 bits per heavy atom. The van der Waals surface area contributed by atoms with Gasteiger partial charge in [0.25, 0.3) is 0 Å². The highest BCUT2D eigenvalue weighted by atomic mass is 35.5. The Kier molecular flexibility index (Phi) is 5.48. The van der Waals surface area contributed by atoms with E-state index in [1.165, 1.54) is 31.0 Å². The van der Waals surface area contributed by atoms with Gasteiger partial charge in [0.05, 0.1) is 5.02 Å². The van der Waals surface area contributed by atoms with Gasteiger partial charge in [-0.3, -0.25) is 0 Å². The molecule has 1 aromatic rings. The van der Waals surface area contributed by atoms with E-state index in [0.29, 0.717) is 12.2 Å². The van der Waals surface area contributed by atoms with Crippen molar-refractivity contribution < 1.29 is 8.42 Å². The maximum Gasteiger partial charge on any atom is 0.242 e. The number of rotatable bonds is 5. The molecule has 5 nitrogen and oxygen atoms in total. The van der Waals surface area contributed by atoms with E-state index in [2.05, 4.69) is 16.5 Å². The van der Waals surface area contributed by atoms with Crippen molar-refractivity contribution in [3.05, 3.63) is 23.2 Å². The van der Waals surface area contributed by atoms with Gasteiger partial charge in [-0.2, -0.15) is 0 Å². The number of piperidine rings is 1.